The Kier molecular flexibility index (Phi) is 7.60. The summed E-state index contributed by atoms with van der Waals surface area (Å²) in [5, 5.41) is 2.79. The fourth-order valence-corrected chi connectivity index (χ4v) is 2.69. The maximum absolute atomic E-state index is 14.3. The lowest BCUT2D eigenvalue weighted by Crippen LogP contribution is -2.34. The maximum atomic E-state index is 14.3. The Labute approximate surface area is 155 Å². The van der Waals surface area contributed by atoms with E-state index in [0.29, 0.717) is 12.3 Å². The molecular formula is C21H27FN2O2. The molecule has 140 valence electrons. The molecule has 0 aromatic heterocycles. The molecule has 1 atom stereocenters. The van der Waals surface area contributed by atoms with E-state index in [1.54, 1.807) is 13.0 Å². The lowest BCUT2D eigenvalue weighted by Gasteiger charge is -2.22. The number of carbonyl (C=O) groups is 1. The van der Waals surface area contributed by atoms with E-state index in [0.717, 1.165) is 24.2 Å². The van der Waals surface area contributed by atoms with Crippen molar-refractivity contribution in [2.24, 2.45) is 0 Å². The Morgan fingerprint density at radius 1 is 1.12 bits per heavy atom. The van der Waals surface area contributed by atoms with Crippen LogP contribution < -0.4 is 10.2 Å². The fraction of sp³-hybridized carbons (Fsp3) is 0.381. The second-order valence-electron chi connectivity index (χ2n) is 6.11. The van der Waals surface area contributed by atoms with Gasteiger partial charge in [0, 0.05) is 19.6 Å². The summed E-state index contributed by atoms with van der Waals surface area (Å²) < 4.78 is 19.9. The molecule has 2 aromatic carbocycles. The summed E-state index contributed by atoms with van der Waals surface area (Å²) in [5.41, 5.74) is 2.33. The number of ether oxygens (including phenoxy) is 1. The van der Waals surface area contributed by atoms with E-state index in [-0.39, 0.29) is 18.3 Å². The molecule has 1 amide bonds. The van der Waals surface area contributed by atoms with Gasteiger partial charge in [0.1, 0.15) is 11.9 Å². The maximum Gasteiger partial charge on any atom is 0.249 e. The van der Waals surface area contributed by atoms with Crippen molar-refractivity contribution >= 4 is 11.6 Å². The van der Waals surface area contributed by atoms with Crippen molar-refractivity contribution in [3.05, 3.63) is 65.5 Å². The summed E-state index contributed by atoms with van der Waals surface area (Å²) in [7, 11) is 0. The molecule has 0 aliphatic rings. The third-order valence-corrected chi connectivity index (χ3v) is 4.30. The van der Waals surface area contributed by atoms with Gasteiger partial charge < -0.3 is 15.0 Å². The Morgan fingerprint density at radius 2 is 1.81 bits per heavy atom. The van der Waals surface area contributed by atoms with Crippen LogP contribution in [-0.2, 0) is 22.7 Å². The molecule has 0 spiro atoms. The Balaban J connectivity index is 1.85. The largest absolute Gasteiger partial charge is 0.370 e. The van der Waals surface area contributed by atoms with Crippen molar-refractivity contribution in [3.8, 4) is 0 Å². The molecule has 1 N–H and O–H groups in total. The van der Waals surface area contributed by atoms with Gasteiger partial charge in [-0.1, -0.05) is 36.4 Å². The SMILES string of the molecule is CCN(CC)c1ccc(CNC(=O)C(C)OCc2ccccc2)cc1F. The molecule has 26 heavy (non-hydrogen) atoms. The molecule has 0 saturated heterocycles. The van der Waals surface area contributed by atoms with Crippen LogP contribution in [0.15, 0.2) is 48.5 Å². The van der Waals surface area contributed by atoms with Gasteiger partial charge >= 0.3 is 0 Å². The minimum Gasteiger partial charge on any atom is -0.370 e. The van der Waals surface area contributed by atoms with Crippen LogP contribution in [-0.4, -0.2) is 25.1 Å². The predicted molar refractivity (Wildman–Crippen MR) is 103 cm³/mol. The number of nitrogens with one attached hydrogen (secondary N) is 1. The molecule has 5 heteroatoms. The summed E-state index contributed by atoms with van der Waals surface area (Å²) in [6.07, 6.45) is -0.574. The van der Waals surface area contributed by atoms with E-state index >= 15 is 0 Å². The first kappa shape index (κ1) is 19.9. The van der Waals surface area contributed by atoms with E-state index in [2.05, 4.69) is 5.32 Å². The minimum absolute atomic E-state index is 0.214. The van der Waals surface area contributed by atoms with Gasteiger partial charge in [0.25, 0.3) is 0 Å². The van der Waals surface area contributed by atoms with Gasteiger partial charge in [-0.25, -0.2) is 4.39 Å². The van der Waals surface area contributed by atoms with Crippen LogP contribution >= 0.6 is 0 Å². The standard InChI is InChI=1S/C21H27FN2O2/c1-4-24(5-2)20-12-11-18(13-19(20)22)14-23-21(25)16(3)26-15-17-9-7-6-8-10-17/h6-13,16H,4-5,14-15H2,1-3H3,(H,23,25). The molecule has 0 heterocycles. The highest BCUT2D eigenvalue weighted by Gasteiger charge is 2.14. The zero-order valence-electron chi connectivity index (χ0n) is 15.7. The number of benzene rings is 2. The number of amides is 1. The van der Waals surface area contributed by atoms with Gasteiger partial charge in [-0.15, -0.1) is 0 Å². The number of nitrogens with zero attached hydrogens (tertiary/aromatic N) is 1. The number of hydrogen-bond acceptors (Lipinski definition) is 3. The van der Waals surface area contributed by atoms with E-state index in [4.69, 9.17) is 4.74 Å². The molecule has 0 radical (unpaired) electrons. The summed E-state index contributed by atoms with van der Waals surface area (Å²) in [6.45, 7) is 7.85. The van der Waals surface area contributed by atoms with Crippen LogP contribution in [0.1, 0.15) is 31.9 Å². The monoisotopic (exact) mass is 358 g/mol. The quantitative estimate of drug-likeness (QED) is 0.739. The predicted octanol–water partition coefficient (Wildman–Crippen LogP) is 3.89. The summed E-state index contributed by atoms with van der Waals surface area (Å²) in [4.78, 5) is 14.1. The number of hydrogen-bond donors (Lipinski definition) is 1. The highest BCUT2D eigenvalue weighted by atomic mass is 19.1. The molecule has 0 saturated carbocycles. The fourth-order valence-electron chi connectivity index (χ4n) is 2.69. The second kappa shape index (κ2) is 9.92. The third kappa shape index (κ3) is 5.56. The highest BCUT2D eigenvalue weighted by Crippen LogP contribution is 2.20. The Bertz CT molecular complexity index is 702. The van der Waals surface area contributed by atoms with Crippen LogP contribution in [0.4, 0.5) is 10.1 Å². The van der Waals surface area contributed by atoms with Crippen molar-refractivity contribution < 1.29 is 13.9 Å². The van der Waals surface area contributed by atoms with E-state index in [1.807, 2.05) is 55.1 Å². The molecule has 0 aliphatic heterocycles. The first-order valence-electron chi connectivity index (χ1n) is 9.01. The zero-order valence-corrected chi connectivity index (χ0v) is 15.7. The van der Waals surface area contributed by atoms with E-state index in [1.165, 1.54) is 6.07 Å². The number of halogens is 1. The average molecular weight is 358 g/mol. The Morgan fingerprint density at radius 3 is 2.42 bits per heavy atom. The number of rotatable bonds is 9. The highest BCUT2D eigenvalue weighted by molar-refractivity contribution is 5.80. The van der Waals surface area contributed by atoms with E-state index in [9.17, 15) is 9.18 Å². The van der Waals surface area contributed by atoms with Crippen LogP contribution in [0.3, 0.4) is 0 Å². The lowest BCUT2D eigenvalue weighted by molar-refractivity contribution is -0.132. The molecule has 2 aromatic rings. The van der Waals surface area contributed by atoms with Crippen molar-refractivity contribution in [1.82, 2.24) is 5.32 Å². The first-order chi connectivity index (χ1) is 12.5. The molecule has 0 bridgehead atoms. The van der Waals surface area contributed by atoms with Crippen LogP contribution in [0, 0.1) is 5.82 Å². The number of anilines is 1. The summed E-state index contributed by atoms with van der Waals surface area (Å²) in [5.74, 6) is -0.483. The summed E-state index contributed by atoms with van der Waals surface area (Å²) >= 11 is 0. The van der Waals surface area contributed by atoms with Gasteiger partial charge in [-0.3, -0.25) is 4.79 Å². The van der Waals surface area contributed by atoms with Crippen LogP contribution in [0.25, 0.3) is 0 Å². The van der Waals surface area contributed by atoms with Crippen molar-refractivity contribution in [3.63, 3.8) is 0 Å². The van der Waals surface area contributed by atoms with Crippen molar-refractivity contribution in [2.45, 2.75) is 40.0 Å². The zero-order chi connectivity index (χ0) is 18.9. The van der Waals surface area contributed by atoms with Gasteiger partial charge in [-0.05, 0) is 44.0 Å². The van der Waals surface area contributed by atoms with Crippen molar-refractivity contribution in [1.29, 1.82) is 0 Å². The molecule has 4 nitrogen and oxygen atoms in total. The van der Waals surface area contributed by atoms with Crippen LogP contribution in [0.5, 0.6) is 0 Å². The topological polar surface area (TPSA) is 41.6 Å². The molecular weight excluding hydrogens is 331 g/mol. The van der Waals surface area contributed by atoms with Gasteiger partial charge in [0.2, 0.25) is 5.91 Å². The summed E-state index contributed by atoms with van der Waals surface area (Å²) in [6, 6.07) is 14.8. The second-order valence-corrected chi connectivity index (χ2v) is 6.11. The van der Waals surface area contributed by atoms with Gasteiger partial charge in [0.05, 0.1) is 12.3 Å². The average Bonchev–Trinajstić information content (AvgIpc) is 2.67. The molecule has 1 unspecified atom stereocenters. The number of carbonyl (C=O) groups excluding carboxylic acids is 1. The van der Waals surface area contributed by atoms with Gasteiger partial charge in [-0.2, -0.15) is 0 Å². The Hall–Kier alpha value is -2.40. The van der Waals surface area contributed by atoms with E-state index < -0.39 is 6.10 Å². The van der Waals surface area contributed by atoms with Crippen LogP contribution in [0.2, 0.25) is 0 Å². The first-order valence-corrected chi connectivity index (χ1v) is 9.01. The van der Waals surface area contributed by atoms with Gasteiger partial charge in [0.15, 0.2) is 0 Å². The lowest BCUT2D eigenvalue weighted by atomic mass is 10.1. The minimum atomic E-state index is -0.574. The third-order valence-electron chi connectivity index (χ3n) is 4.30. The molecule has 2 rings (SSSR count). The molecule has 0 aliphatic carbocycles. The normalized spacial score (nSPS) is 11.8. The molecule has 0 fully saturated rings. The van der Waals surface area contributed by atoms with Crippen molar-refractivity contribution in [2.75, 3.05) is 18.0 Å². The smallest absolute Gasteiger partial charge is 0.249 e.